The van der Waals surface area contributed by atoms with Gasteiger partial charge in [-0.1, -0.05) is 25.0 Å². The molecule has 1 aromatic rings. The number of carbonyl (C=O) groups is 3. The highest BCUT2D eigenvalue weighted by Crippen LogP contribution is 2.24. The van der Waals surface area contributed by atoms with Crippen LogP contribution in [0.25, 0.3) is 0 Å². The molecule has 2 atom stereocenters. The van der Waals surface area contributed by atoms with E-state index in [4.69, 9.17) is 0 Å². The highest BCUT2D eigenvalue weighted by molar-refractivity contribution is 5.82. The van der Waals surface area contributed by atoms with Crippen molar-refractivity contribution in [2.45, 2.75) is 51.0 Å². The minimum atomic E-state index is -1.10. The Labute approximate surface area is 152 Å². The summed E-state index contributed by atoms with van der Waals surface area (Å²) in [4.78, 5) is 35.5. The van der Waals surface area contributed by atoms with Gasteiger partial charge in [0.25, 0.3) is 0 Å². The molecule has 2 unspecified atom stereocenters. The van der Waals surface area contributed by atoms with Gasteiger partial charge in [0.05, 0.1) is 5.92 Å². The normalized spacial score (nSPS) is 16.7. The number of amides is 2. The Morgan fingerprint density at radius 2 is 1.81 bits per heavy atom. The third-order valence-corrected chi connectivity index (χ3v) is 4.68. The molecule has 0 aliphatic heterocycles. The molecule has 0 bridgehead atoms. The largest absolute Gasteiger partial charge is 0.481 e. The lowest BCUT2D eigenvalue weighted by molar-refractivity contribution is -0.138. The zero-order chi connectivity index (χ0) is 19.1. The van der Waals surface area contributed by atoms with Crippen LogP contribution in [0, 0.1) is 11.7 Å². The second-order valence-electron chi connectivity index (χ2n) is 6.84. The van der Waals surface area contributed by atoms with E-state index in [0.717, 1.165) is 25.7 Å². The van der Waals surface area contributed by atoms with Crippen molar-refractivity contribution in [2.24, 2.45) is 5.92 Å². The number of rotatable bonds is 8. The van der Waals surface area contributed by atoms with Crippen molar-refractivity contribution in [3.63, 3.8) is 0 Å². The number of carboxylic acid groups (broad SMARTS) is 1. The average molecular weight is 364 g/mol. The molecule has 0 spiro atoms. The summed E-state index contributed by atoms with van der Waals surface area (Å²) in [6, 6.07) is 4.84. The van der Waals surface area contributed by atoms with E-state index in [2.05, 4.69) is 10.6 Å². The molecule has 1 fully saturated rings. The number of carboxylic acids is 1. The molecular formula is C19H25FN2O4. The predicted molar refractivity (Wildman–Crippen MR) is 94.0 cm³/mol. The Morgan fingerprint density at radius 1 is 1.19 bits per heavy atom. The van der Waals surface area contributed by atoms with Crippen LogP contribution in [0.5, 0.6) is 0 Å². The topological polar surface area (TPSA) is 95.5 Å². The summed E-state index contributed by atoms with van der Waals surface area (Å²) in [5.41, 5.74) is 0.418. The second-order valence-corrected chi connectivity index (χ2v) is 6.84. The maximum absolute atomic E-state index is 13.0. The molecule has 1 aliphatic rings. The Hall–Kier alpha value is -2.44. The molecule has 0 heterocycles. The minimum Gasteiger partial charge on any atom is -0.481 e. The van der Waals surface area contributed by atoms with Gasteiger partial charge in [-0.25, -0.2) is 4.39 Å². The summed E-state index contributed by atoms with van der Waals surface area (Å²) < 4.78 is 13.0. The number of aliphatic carboxylic acids is 1. The van der Waals surface area contributed by atoms with Gasteiger partial charge in [0, 0.05) is 24.9 Å². The standard InChI is InChI=1S/C19H25FN2O4/c1-12(22-18(24)14-4-2-3-5-14)10-17(23)21-11-16(19(25)26)13-6-8-15(20)9-7-13/h6-9,12,14,16H,2-5,10-11H2,1H3,(H,21,23)(H,22,24)(H,25,26). The van der Waals surface area contributed by atoms with Crippen LogP contribution in [-0.2, 0) is 14.4 Å². The first-order chi connectivity index (χ1) is 12.4. The van der Waals surface area contributed by atoms with Crippen molar-refractivity contribution in [1.82, 2.24) is 10.6 Å². The van der Waals surface area contributed by atoms with Crippen molar-refractivity contribution >= 4 is 17.8 Å². The van der Waals surface area contributed by atoms with Gasteiger partial charge in [-0.05, 0) is 37.5 Å². The van der Waals surface area contributed by atoms with Gasteiger partial charge in [0.15, 0.2) is 0 Å². The summed E-state index contributed by atoms with van der Waals surface area (Å²) >= 11 is 0. The molecule has 3 N–H and O–H groups in total. The van der Waals surface area contributed by atoms with Crippen LogP contribution >= 0.6 is 0 Å². The third kappa shape index (κ3) is 5.82. The van der Waals surface area contributed by atoms with Crippen LogP contribution in [0.2, 0.25) is 0 Å². The van der Waals surface area contributed by atoms with E-state index in [1.165, 1.54) is 24.3 Å². The molecule has 0 saturated heterocycles. The zero-order valence-corrected chi connectivity index (χ0v) is 14.8. The van der Waals surface area contributed by atoms with Crippen molar-refractivity contribution in [3.05, 3.63) is 35.6 Å². The van der Waals surface area contributed by atoms with E-state index < -0.39 is 17.7 Å². The molecule has 2 rings (SSSR count). The van der Waals surface area contributed by atoms with Crippen LogP contribution < -0.4 is 10.6 Å². The minimum absolute atomic E-state index is 0.0162. The van der Waals surface area contributed by atoms with E-state index in [-0.39, 0.29) is 36.7 Å². The van der Waals surface area contributed by atoms with Gasteiger partial charge >= 0.3 is 5.97 Å². The molecule has 0 radical (unpaired) electrons. The maximum atomic E-state index is 13.0. The molecule has 1 saturated carbocycles. The zero-order valence-electron chi connectivity index (χ0n) is 14.8. The fraction of sp³-hybridized carbons (Fsp3) is 0.526. The van der Waals surface area contributed by atoms with E-state index in [9.17, 15) is 23.9 Å². The van der Waals surface area contributed by atoms with E-state index in [1.807, 2.05) is 0 Å². The Morgan fingerprint density at radius 3 is 2.38 bits per heavy atom. The van der Waals surface area contributed by atoms with Gasteiger partial charge in [-0.2, -0.15) is 0 Å². The Kier molecular flexibility index (Phi) is 7.12. The number of hydrogen-bond acceptors (Lipinski definition) is 3. The highest BCUT2D eigenvalue weighted by atomic mass is 19.1. The fourth-order valence-electron chi connectivity index (χ4n) is 3.21. The first-order valence-corrected chi connectivity index (χ1v) is 8.92. The lowest BCUT2D eigenvalue weighted by atomic mass is 9.99. The molecule has 26 heavy (non-hydrogen) atoms. The molecule has 1 aliphatic carbocycles. The lowest BCUT2D eigenvalue weighted by Crippen LogP contribution is -2.40. The van der Waals surface area contributed by atoms with Crippen LogP contribution in [0.3, 0.4) is 0 Å². The van der Waals surface area contributed by atoms with Gasteiger partial charge in [0.2, 0.25) is 11.8 Å². The number of halogens is 1. The first kappa shape index (κ1) is 19.9. The van der Waals surface area contributed by atoms with Crippen molar-refractivity contribution < 1.29 is 23.9 Å². The van der Waals surface area contributed by atoms with Gasteiger partial charge < -0.3 is 15.7 Å². The van der Waals surface area contributed by atoms with Crippen LogP contribution in [-0.4, -0.2) is 35.5 Å². The number of carbonyl (C=O) groups excluding carboxylic acids is 2. The number of hydrogen-bond donors (Lipinski definition) is 3. The maximum Gasteiger partial charge on any atom is 0.312 e. The molecule has 7 heteroatoms. The van der Waals surface area contributed by atoms with Crippen LogP contribution in [0.15, 0.2) is 24.3 Å². The SMILES string of the molecule is CC(CC(=O)NCC(C(=O)O)c1ccc(F)cc1)NC(=O)C1CCCC1. The quantitative estimate of drug-likeness (QED) is 0.659. The Balaban J connectivity index is 1.80. The molecular weight excluding hydrogens is 339 g/mol. The predicted octanol–water partition coefficient (Wildman–Crippen LogP) is 2.20. The fourth-order valence-corrected chi connectivity index (χ4v) is 3.21. The number of nitrogens with one attached hydrogen (secondary N) is 2. The van der Waals surface area contributed by atoms with Gasteiger partial charge in [-0.15, -0.1) is 0 Å². The van der Waals surface area contributed by atoms with Gasteiger partial charge in [-0.3, -0.25) is 14.4 Å². The molecule has 6 nitrogen and oxygen atoms in total. The second kappa shape index (κ2) is 9.31. The lowest BCUT2D eigenvalue weighted by Gasteiger charge is -2.18. The summed E-state index contributed by atoms with van der Waals surface area (Å²) in [5.74, 6) is -2.82. The first-order valence-electron chi connectivity index (χ1n) is 8.92. The van der Waals surface area contributed by atoms with Crippen molar-refractivity contribution in [1.29, 1.82) is 0 Å². The van der Waals surface area contributed by atoms with E-state index in [1.54, 1.807) is 6.92 Å². The molecule has 142 valence electrons. The smallest absolute Gasteiger partial charge is 0.312 e. The van der Waals surface area contributed by atoms with E-state index in [0.29, 0.717) is 5.56 Å². The molecule has 2 amide bonds. The third-order valence-electron chi connectivity index (χ3n) is 4.68. The molecule has 0 aromatic heterocycles. The summed E-state index contributed by atoms with van der Waals surface area (Å²) in [7, 11) is 0. The van der Waals surface area contributed by atoms with Crippen molar-refractivity contribution in [3.8, 4) is 0 Å². The van der Waals surface area contributed by atoms with Crippen LogP contribution in [0.1, 0.15) is 50.5 Å². The summed E-state index contributed by atoms with van der Waals surface area (Å²) in [5, 5.41) is 14.8. The van der Waals surface area contributed by atoms with Crippen molar-refractivity contribution in [2.75, 3.05) is 6.54 Å². The number of benzene rings is 1. The highest BCUT2D eigenvalue weighted by Gasteiger charge is 2.25. The summed E-state index contributed by atoms with van der Waals surface area (Å²) in [6.07, 6.45) is 3.99. The van der Waals surface area contributed by atoms with Gasteiger partial charge in [0.1, 0.15) is 5.82 Å². The Bertz CT molecular complexity index is 641. The average Bonchev–Trinajstić information content (AvgIpc) is 3.10. The molecule has 1 aromatic carbocycles. The summed E-state index contributed by atoms with van der Waals surface area (Å²) in [6.45, 7) is 1.66. The monoisotopic (exact) mass is 364 g/mol. The van der Waals surface area contributed by atoms with Crippen LogP contribution in [0.4, 0.5) is 4.39 Å². The van der Waals surface area contributed by atoms with E-state index >= 15 is 0 Å².